The van der Waals surface area contributed by atoms with E-state index >= 15 is 0 Å². The quantitative estimate of drug-likeness (QED) is 0.496. The minimum atomic E-state index is -4.12. The molecule has 3 aromatic rings. The summed E-state index contributed by atoms with van der Waals surface area (Å²) in [6.07, 6.45) is 0. The van der Waals surface area contributed by atoms with Gasteiger partial charge >= 0.3 is 0 Å². The van der Waals surface area contributed by atoms with Crippen molar-refractivity contribution in [1.82, 2.24) is 5.32 Å². The number of methoxy groups -OCH3 is 1. The maximum Gasteiger partial charge on any atom is 0.270 e. The van der Waals surface area contributed by atoms with Gasteiger partial charge in [-0.25, -0.2) is 8.42 Å². The second-order valence-corrected chi connectivity index (χ2v) is 9.83. The van der Waals surface area contributed by atoms with E-state index in [9.17, 15) is 13.2 Å². The maximum atomic E-state index is 13.4. The Hall–Kier alpha value is -3.49. The molecule has 0 unspecified atom stereocenters. The average Bonchev–Trinajstić information content (AvgIpc) is 2.84. The number of benzene rings is 3. The average molecular weight is 499 g/mol. The van der Waals surface area contributed by atoms with Crippen molar-refractivity contribution in [3.63, 3.8) is 0 Å². The summed E-state index contributed by atoms with van der Waals surface area (Å²) >= 11 is 6.24. The summed E-state index contributed by atoms with van der Waals surface area (Å²) in [5.74, 6) is 0.593. The van der Waals surface area contributed by atoms with Gasteiger partial charge in [-0.15, -0.1) is 0 Å². The molecule has 0 radical (unpaired) electrons. The number of ether oxygens (including phenoxy) is 2. The molecule has 0 bridgehead atoms. The van der Waals surface area contributed by atoms with Crippen molar-refractivity contribution in [3.05, 3.63) is 93.9 Å². The van der Waals surface area contributed by atoms with Crippen LogP contribution in [0, 0.1) is 0 Å². The fraction of sp³-hybridized carbons (Fsp3) is 0.160. The van der Waals surface area contributed by atoms with Gasteiger partial charge in [0.1, 0.15) is 18.1 Å². The van der Waals surface area contributed by atoms with Gasteiger partial charge in [0.25, 0.3) is 15.9 Å². The first kappa shape index (κ1) is 23.7. The molecule has 3 aromatic carbocycles. The van der Waals surface area contributed by atoms with Crippen molar-refractivity contribution < 1.29 is 22.7 Å². The van der Waals surface area contributed by atoms with E-state index in [2.05, 4.69) is 5.32 Å². The van der Waals surface area contributed by atoms with Gasteiger partial charge in [0.2, 0.25) is 0 Å². The number of carbonyl (C=O) groups excluding carboxylic acids is 1. The van der Waals surface area contributed by atoms with Crippen LogP contribution in [-0.2, 0) is 14.8 Å². The van der Waals surface area contributed by atoms with Crippen molar-refractivity contribution in [2.45, 2.75) is 0 Å². The Morgan fingerprint density at radius 1 is 1.00 bits per heavy atom. The molecule has 176 valence electrons. The topological polar surface area (TPSA) is 84.9 Å². The third kappa shape index (κ3) is 4.60. The first-order valence-corrected chi connectivity index (χ1v) is 12.3. The molecule has 1 heterocycles. The van der Waals surface area contributed by atoms with Gasteiger partial charge in [0, 0.05) is 23.2 Å². The van der Waals surface area contributed by atoms with E-state index in [4.69, 9.17) is 21.1 Å². The first-order chi connectivity index (χ1) is 16.3. The van der Waals surface area contributed by atoms with Gasteiger partial charge in [-0.3, -0.25) is 9.10 Å². The van der Waals surface area contributed by atoms with Crippen LogP contribution in [0.3, 0.4) is 0 Å². The molecular formula is C25H23ClN2O5S. The Labute approximate surface area is 203 Å². The lowest BCUT2D eigenvalue weighted by Gasteiger charge is -2.31. The van der Waals surface area contributed by atoms with Gasteiger partial charge in [0.05, 0.1) is 19.3 Å². The molecule has 0 aromatic heterocycles. The zero-order chi connectivity index (χ0) is 24.3. The predicted octanol–water partition coefficient (Wildman–Crippen LogP) is 4.08. The number of fused-ring (bicyclic) bond motifs is 1. The number of sulfonamides is 1. The van der Waals surface area contributed by atoms with E-state index in [0.29, 0.717) is 38.9 Å². The summed E-state index contributed by atoms with van der Waals surface area (Å²) in [7, 11) is -1.12. The molecule has 0 saturated heterocycles. The number of amides is 1. The van der Waals surface area contributed by atoms with E-state index in [1.807, 2.05) is 6.07 Å². The summed E-state index contributed by atoms with van der Waals surface area (Å²) in [5, 5.41) is 3.12. The summed E-state index contributed by atoms with van der Waals surface area (Å²) in [6.45, 7) is 0.266. The smallest absolute Gasteiger partial charge is 0.270 e. The molecule has 0 aliphatic carbocycles. The molecule has 1 aliphatic rings. The highest BCUT2D eigenvalue weighted by molar-refractivity contribution is 7.97. The van der Waals surface area contributed by atoms with Crippen LogP contribution in [0.5, 0.6) is 11.5 Å². The monoisotopic (exact) mass is 498 g/mol. The summed E-state index contributed by atoms with van der Waals surface area (Å²) in [4.78, 5) is 12.9. The highest BCUT2D eigenvalue weighted by Crippen LogP contribution is 2.43. The number of nitrogens with one attached hydrogen (secondary N) is 1. The summed E-state index contributed by atoms with van der Waals surface area (Å²) in [5.41, 5.74) is 1.92. The molecule has 7 nitrogen and oxygen atoms in total. The number of hydrogen-bond acceptors (Lipinski definition) is 5. The lowest BCUT2D eigenvalue weighted by molar-refractivity contribution is -0.116. The Kier molecular flexibility index (Phi) is 6.81. The van der Waals surface area contributed by atoms with Crippen molar-refractivity contribution in [3.8, 4) is 11.5 Å². The van der Waals surface area contributed by atoms with E-state index in [1.165, 1.54) is 7.05 Å². The second-order valence-electron chi connectivity index (χ2n) is 7.48. The van der Waals surface area contributed by atoms with Crippen molar-refractivity contribution in [2.24, 2.45) is 0 Å². The molecular weight excluding hydrogens is 476 g/mol. The Morgan fingerprint density at radius 3 is 2.35 bits per heavy atom. The van der Waals surface area contributed by atoms with E-state index < -0.39 is 15.9 Å². The normalized spacial score (nSPS) is 14.4. The number of anilines is 1. The van der Waals surface area contributed by atoms with Crippen LogP contribution in [0.25, 0.3) is 5.57 Å². The zero-order valence-corrected chi connectivity index (χ0v) is 20.2. The molecule has 0 saturated carbocycles. The second kappa shape index (κ2) is 9.79. The number of halogens is 1. The molecule has 4 rings (SSSR count). The third-order valence-corrected chi connectivity index (χ3v) is 7.46. The lowest BCUT2D eigenvalue weighted by atomic mass is 9.95. The molecule has 1 N–H and O–H groups in total. The predicted molar refractivity (Wildman–Crippen MR) is 133 cm³/mol. The largest absolute Gasteiger partial charge is 0.497 e. The van der Waals surface area contributed by atoms with E-state index in [-0.39, 0.29) is 18.1 Å². The summed E-state index contributed by atoms with van der Waals surface area (Å²) in [6, 6.07) is 20.9. The van der Waals surface area contributed by atoms with Crippen LogP contribution in [0.1, 0.15) is 11.1 Å². The fourth-order valence-corrected chi connectivity index (χ4v) is 5.36. The first-order valence-electron chi connectivity index (χ1n) is 10.5. The van der Waals surface area contributed by atoms with Gasteiger partial charge in [-0.05, 0) is 48.0 Å². The lowest BCUT2D eigenvalue weighted by Crippen LogP contribution is -2.40. The number of rotatable bonds is 7. The van der Waals surface area contributed by atoms with Crippen LogP contribution < -0.4 is 19.1 Å². The molecule has 0 fully saturated rings. The molecule has 1 amide bonds. The van der Waals surface area contributed by atoms with E-state index in [1.54, 1.807) is 73.8 Å². The van der Waals surface area contributed by atoms with Crippen LogP contribution in [0.15, 0.2) is 77.7 Å². The number of nitrogens with zero attached hydrogens (tertiary/aromatic N) is 1. The Balaban J connectivity index is 1.65. The highest BCUT2D eigenvalue weighted by atomic mass is 35.5. The van der Waals surface area contributed by atoms with Gasteiger partial charge < -0.3 is 14.8 Å². The van der Waals surface area contributed by atoms with Crippen molar-refractivity contribution in [2.75, 3.05) is 31.6 Å². The van der Waals surface area contributed by atoms with Crippen LogP contribution in [-0.4, -0.2) is 41.6 Å². The Morgan fingerprint density at radius 2 is 1.68 bits per heavy atom. The minimum absolute atomic E-state index is 0.109. The Bertz CT molecular complexity index is 1340. The zero-order valence-electron chi connectivity index (χ0n) is 18.6. The van der Waals surface area contributed by atoms with Crippen molar-refractivity contribution >= 4 is 38.8 Å². The maximum absolute atomic E-state index is 13.4. The van der Waals surface area contributed by atoms with Gasteiger partial charge in [-0.2, -0.15) is 0 Å². The minimum Gasteiger partial charge on any atom is -0.497 e. The van der Waals surface area contributed by atoms with Gasteiger partial charge in [-0.1, -0.05) is 41.9 Å². The SMILES string of the molecule is COc1ccc(OCCNC(=O)C2=C(c3ccccc3)c3cc(Cl)ccc3N(C)S2(=O)=O)cc1. The van der Waals surface area contributed by atoms with E-state index in [0.717, 1.165) is 4.31 Å². The highest BCUT2D eigenvalue weighted by Gasteiger charge is 2.39. The molecule has 9 heteroatoms. The third-order valence-electron chi connectivity index (χ3n) is 5.40. The molecule has 1 aliphatic heterocycles. The molecule has 34 heavy (non-hydrogen) atoms. The van der Waals surface area contributed by atoms with Crippen molar-refractivity contribution in [1.29, 1.82) is 0 Å². The molecule has 0 atom stereocenters. The van der Waals surface area contributed by atoms with Crippen LogP contribution >= 0.6 is 11.6 Å². The van der Waals surface area contributed by atoms with Crippen LogP contribution in [0.2, 0.25) is 5.02 Å². The summed E-state index contributed by atoms with van der Waals surface area (Å²) < 4.78 is 38.7. The standard InChI is InChI=1S/C25H23ClN2O5S/c1-28-22-13-8-18(26)16-21(22)23(17-6-4-3-5-7-17)24(34(28,30)31)25(29)27-14-15-33-20-11-9-19(32-2)10-12-20/h3-13,16H,14-15H2,1-2H3,(H,27,29). The fourth-order valence-electron chi connectivity index (χ4n) is 3.71. The number of carbonyl (C=O) groups is 1. The number of hydrogen-bond donors (Lipinski definition) is 1. The molecule has 0 spiro atoms. The van der Waals surface area contributed by atoms with Crippen LogP contribution in [0.4, 0.5) is 5.69 Å². The van der Waals surface area contributed by atoms with Gasteiger partial charge in [0.15, 0.2) is 4.91 Å².